The number of nitrogens with two attached hydrogens (primary N) is 1. The first-order chi connectivity index (χ1) is 15.0. The van der Waals surface area contributed by atoms with Gasteiger partial charge in [0.05, 0.1) is 37.8 Å². The lowest BCUT2D eigenvalue weighted by Gasteiger charge is -2.41. The topological polar surface area (TPSA) is 120 Å². The predicted octanol–water partition coefficient (Wildman–Crippen LogP) is 2.55. The number of ketones is 1. The van der Waals surface area contributed by atoms with E-state index in [0.29, 0.717) is 36.8 Å². The summed E-state index contributed by atoms with van der Waals surface area (Å²) in [6.07, 6.45) is 6.59. The molecule has 0 bridgehead atoms. The molecule has 8 heteroatoms. The summed E-state index contributed by atoms with van der Waals surface area (Å²) in [4.78, 5) is 26.4. The fourth-order valence-corrected chi connectivity index (χ4v) is 4.52. The van der Waals surface area contributed by atoms with Crippen LogP contribution in [-0.2, 0) is 9.53 Å². The second-order valence-electron chi connectivity index (χ2n) is 8.13. The van der Waals surface area contributed by atoms with Crippen LogP contribution in [0.2, 0.25) is 0 Å². The van der Waals surface area contributed by atoms with E-state index in [1.807, 2.05) is 19.1 Å². The molecule has 1 saturated carbocycles. The van der Waals surface area contributed by atoms with Crippen molar-refractivity contribution in [3.63, 3.8) is 0 Å². The Kier molecular flexibility index (Phi) is 6.29. The van der Waals surface area contributed by atoms with Crippen molar-refractivity contribution in [2.24, 2.45) is 5.92 Å². The van der Waals surface area contributed by atoms with Crippen molar-refractivity contribution in [3.05, 3.63) is 40.8 Å². The number of carbonyl (C=O) groups excluding carboxylic acids is 1. The monoisotopic (exact) mass is 424 g/mol. The van der Waals surface area contributed by atoms with E-state index in [0.717, 1.165) is 35.4 Å². The first-order valence-corrected chi connectivity index (χ1v) is 10.6. The molecule has 1 atom stereocenters. The molecule has 164 valence electrons. The van der Waals surface area contributed by atoms with Crippen molar-refractivity contribution in [2.75, 3.05) is 26.1 Å². The summed E-state index contributed by atoms with van der Waals surface area (Å²) in [5.41, 5.74) is 9.87. The third-order valence-electron chi connectivity index (χ3n) is 6.21. The number of rotatable bonds is 6. The van der Waals surface area contributed by atoms with Gasteiger partial charge in [-0.15, -0.1) is 0 Å². The Balaban J connectivity index is 1.70. The van der Waals surface area contributed by atoms with Crippen LogP contribution in [0.1, 0.15) is 54.1 Å². The number of pyridine rings is 1. The molecular weight excluding hydrogens is 396 g/mol. The number of carbonyl (C=O) groups is 1. The largest absolute Gasteiger partial charge is 0.481 e. The predicted molar refractivity (Wildman–Crippen MR) is 116 cm³/mol. The van der Waals surface area contributed by atoms with E-state index >= 15 is 0 Å². The van der Waals surface area contributed by atoms with Crippen LogP contribution in [0.3, 0.4) is 0 Å². The van der Waals surface area contributed by atoms with Gasteiger partial charge >= 0.3 is 0 Å². The number of aliphatic hydroxyl groups is 1. The Hall–Kier alpha value is -2.84. The number of fused-ring (bicyclic) bond motifs is 1. The number of aromatic nitrogens is 3. The molecule has 0 saturated heterocycles. The summed E-state index contributed by atoms with van der Waals surface area (Å²) in [6.45, 7) is 2.28. The fourth-order valence-electron chi connectivity index (χ4n) is 4.52. The molecule has 0 spiro atoms. The van der Waals surface area contributed by atoms with Crippen LogP contribution in [0.25, 0.3) is 11.6 Å². The Morgan fingerprint density at radius 1 is 1.26 bits per heavy atom. The van der Waals surface area contributed by atoms with Gasteiger partial charge in [0, 0.05) is 41.3 Å². The van der Waals surface area contributed by atoms with E-state index in [-0.39, 0.29) is 30.4 Å². The highest BCUT2D eigenvalue weighted by Crippen LogP contribution is 2.45. The van der Waals surface area contributed by atoms with Crippen LogP contribution < -0.4 is 10.5 Å². The number of anilines is 1. The maximum absolute atomic E-state index is 13.1. The van der Waals surface area contributed by atoms with Gasteiger partial charge in [0.1, 0.15) is 0 Å². The van der Waals surface area contributed by atoms with Gasteiger partial charge in [-0.1, -0.05) is 0 Å². The number of Topliss-reactive ketones (excluding diaryl/α,β-unsaturated/α-hetero) is 1. The average Bonchev–Trinajstić information content (AvgIpc) is 2.72. The highest BCUT2D eigenvalue weighted by Gasteiger charge is 2.39. The molecule has 0 unspecified atom stereocenters. The molecule has 2 aromatic rings. The summed E-state index contributed by atoms with van der Waals surface area (Å²) in [7, 11) is 1.56. The van der Waals surface area contributed by atoms with E-state index in [9.17, 15) is 4.79 Å². The minimum absolute atomic E-state index is 0.0265. The number of hydrogen-bond acceptors (Lipinski definition) is 8. The lowest BCUT2D eigenvalue weighted by molar-refractivity contribution is -0.114. The molecule has 2 aromatic heterocycles. The number of aliphatic hydroxyl groups excluding tert-OH is 1. The molecule has 0 radical (unpaired) electrons. The number of ether oxygens (including phenoxy) is 2. The highest BCUT2D eigenvalue weighted by atomic mass is 16.5. The third-order valence-corrected chi connectivity index (χ3v) is 6.21. The molecule has 2 heterocycles. The molecular formula is C23H28N4O4. The summed E-state index contributed by atoms with van der Waals surface area (Å²) < 4.78 is 10.8. The first kappa shape index (κ1) is 21.4. The van der Waals surface area contributed by atoms with E-state index in [4.69, 9.17) is 20.3 Å². The van der Waals surface area contributed by atoms with Gasteiger partial charge in [-0.3, -0.25) is 4.79 Å². The van der Waals surface area contributed by atoms with Gasteiger partial charge < -0.3 is 20.3 Å². The summed E-state index contributed by atoms with van der Waals surface area (Å²) in [6, 6.07) is 3.59. The zero-order valence-electron chi connectivity index (χ0n) is 17.9. The van der Waals surface area contributed by atoms with Crippen molar-refractivity contribution in [1.82, 2.24) is 15.0 Å². The van der Waals surface area contributed by atoms with Crippen molar-refractivity contribution in [3.8, 4) is 5.88 Å². The fraction of sp³-hybridized carbons (Fsp3) is 0.478. The highest BCUT2D eigenvalue weighted by molar-refractivity contribution is 6.25. The van der Waals surface area contributed by atoms with Gasteiger partial charge in [-0.05, 0) is 44.2 Å². The molecule has 31 heavy (non-hydrogen) atoms. The van der Waals surface area contributed by atoms with Crippen LogP contribution in [0.5, 0.6) is 5.88 Å². The van der Waals surface area contributed by atoms with Gasteiger partial charge in [-0.2, -0.15) is 0 Å². The van der Waals surface area contributed by atoms with E-state index < -0.39 is 0 Å². The Morgan fingerprint density at radius 2 is 2.06 bits per heavy atom. The lowest BCUT2D eigenvalue weighted by atomic mass is 9.69. The number of methoxy groups -OCH3 is 1. The molecule has 8 nitrogen and oxygen atoms in total. The lowest BCUT2D eigenvalue weighted by Crippen LogP contribution is -2.37. The summed E-state index contributed by atoms with van der Waals surface area (Å²) >= 11 is 0. The zero-order chi connectivity index (χ0) is 22.0. The molecule has 0 aromatic carbocycles. The first-order valence-electron chi connectivity index (χ1n) is 10.6. The molecule has 0 aliphatic heterocycles. The molecule has 2 aliphatic rings. The van der Waals surface area contributed by atoms with Crippen LogP contribution in [0, 0.1) is 12.8 Å². The second-order valence-corrected chi connectivity index (χ2v) is 8.13. The third kappa shape index (κ3) is 4.45. The minimum Gasteiger partial charge on any atom is -0.481 e. The normalized spacial score (nSPS) is 24.9. The van der Waals surface area contributed by atoms with Gasteiger partial charge in [0.15, 0.2) is 5.78 Å². The smallest absolute Gasteiger partial charge is 0.220 e. The Morgan fingerprint density at radius 3 is 2.74 bits per heavy atom. The maximum atomic E-state index is 13.1. The van der Waals surface area contributed by atoms with Gasteiger partial charge in [0.2, 0.25) is 11.8 Å². The summed E-state index contributed by atoms with van der Waals surface area (Å²) in [5, 5.41) is 8.98. The number of nitrogens with zero attached hydrogens (tertiary/aromatic N) is 3. The van der Waals surface area contributed by atoms with Crippen LogP contribution in [0.15, 0.2) is 18.3 Å². The molecule has 3 N–H and O–H groups in total. The number of hydrogen-bond donors (Lipinski definition) is 2. The number of nitrogen functional groups attached to an aromatic ring is 1. The van der Waals surface area contributed by atoms with Crippen LogP contribution >= 0.6 is 0 Å². The maximum Gasteiger partial charge on any atom is 0.220 e. The standard InChI is InChI=1S/C23H28N4O4/c1-13-18-11-19(14-3-6-21(30-2)25-12-14)20(29)5-4-17(22(18)27-23(24)26-13)15-9-16(10-15)31-8-7-28/h3,6,11-12,15-17,28H,4-5,7-10H2,1-2H3,(H2,24,26,27)/b19-11-/t15?,16?,17-/m1/s1. The van der Waals surface area contributed by atoms with E-state index in [2.05, 4.69) is 15.0 Å². The quantitative estimate of drug-likeness (QED) is 0.726. The SMILES string of the molecule is COc1ccc(/C2=C/c3c(C)nc(N)nc3[C@@H](C3CC(OCCO)C3)CCC2=O)cn1. The van der Waals surface area contributed by atoms with Crippen molar-refractivity contribution in [1.29, 1.82) is 0 Å². The number of aryl methyl sites for hydroxylation is 1. The Bertz CT molecular complexity index is 984. The summed E-state index contributed by atoms with van der Waals surface area (Å²) in [5.74, 6) is 1.30. The van der Waals surface area contributed by atoms with E-state index in [1.54, 1.807) is 19.4 Å². The van der Waals surface area contributed by atoms with Gasteiger partial charge in [-0.25, -0.2) is 15.0 Å². The van der Waals surface area contributed by atoms with Crippen molar-refractivity contribution in [2.45, 2.75) is 44.6 Å². The second kappa shape index (κ2) is 9.11. The Labute approximate surface area is 181 Å². The molecule has 1 fully saturated rings. The number of allylic oxidation sites excluding steroid dienone is 1. The zero-order valence-corrected chi connectivity index (χ0v) is 17.9. The van der Waals surface area contributed by atoms with Crippen LogP contribution in [-0.4, -0.2) is 52.3 Å². The van der Waals surface area contributed by atoms with E-state index in [1.165, 1.54) is 0 Å². The van der Waals surface area contributed by atoms with Crippen LogP contribution in [0.4, 0.5) is 5.95 Å². The van der Waals surface area contributed by atoms with Crippen molar-refractivity contribution >= 4 is 23.4 Å². The van der Waals surface area contributed by atoms with Crippen molar-refractivity contribution < 1.29 is 19.4 Å². The molecule has 2 aliphatic carbocycles. The molecule has 4 rings (SSSR count). The average molecular weight is 425 g/mol. The molecule has 0 amide bonds. The van der Waals surface area contributed by atoms with Gasteiger partial charge in [0.25, 0.3) is 0 Å². The minimum atomic E-state index is 0.0265.